The topological polar surface area (TPSA) is 63.4 Å². The van der Waals surface area contributed by atoms with E-state index in [0.717, 1.165) is 25.0 Å². The van der Waals surface area contributed by atoms with Crippen LogP contribution in [0.2, 0.25) is 0 Å². The maximum atomic E-state index is 13.0. The summed E-state index contributed by atoms with van der Waals surface area (Å²) in [6, 6.07) is 3.36. The van der Waals surface area contributed by atoms with E-state index in [2.05, 4.69) is 15.9 Å². The van der Waals surface area contributed by atoms with Crippen molar-refractivity contribution in [3.63, 3.8) is 0 Å². The molecule has 2 rings (SSSR count). The van der Waals surface area contributed by atoms with E-state index in [1.165, 1.54) is 17.4 Å². The number of nitrogens with two attached hydrogens (primary N) is 1. The van der Waals surface area contributed by atoms with E-state index in [1.807, 2.05) is 0 Å². The van der Waals surface area contributed by atoms with Crippen LogP contribution in [0, 0.1) is 11.7 Å². The van der Waals surface area contributed by atoms with Gasteiger partial charge >= 0.3 is 0 Å². The summed E-state index contributed by atoms with van der Waals surface area (Å²) in [5, 5.41) is 0. The van der Waals surface area contributed by atoms with Crippen LogP contribution in [0.1, 0.15) is 12.8 Å². The van der Waals surface area contributed by atoms with Crippen molar-refractivity contribution in [2.45, 2.75) is 23.8 Å². The molecule has 1 aromatic rings. The lowest BCUT2D eigenvalue weighted by molar-refractivity contribution is 0.340. The van der Waals surface area contributed by atoms with Gasteiger partial charge in [0.25, 0.3) is 0 Å². The van der Waals surface area contributed by atoms with E-state index >= 15 is 0 Å². The number of hydrogen-bond acceptors (Lipinski definition) is 3. The Hall–Kier alpha value is -0.210. The lowest BCUT2D eigenvalue weighted by Gasteiger charge is -2.26. The van der Waals surface area contributed by atoms with Crippen molar-refractivity contribution in [3.05, 3.63) is 28.5 Å². The lowest BCUT2D eigenvalue weighted by atomic mass is 10.2. The zero-order valence-corrected chi connectivity index (χ0v) is 14.1. The second-order valence-electron chi connectivity index (χ2n) is 4.74. The molecule has 0 radical (unpaired) electrons. The average molecular weight is 388 g/mol. The van der Waals surface area contributed by atoms with Gasteiger partial charge in [0, 0.05) is 24.1 Å². The van der Waals surface area contributed by atoms with Gasteiger partial charge in [0.05, 0.1) is 4.90 Å². The fourth-order valence-corrected chi connectivity index (χ4v) is 4.57. The summed E-state index contributed by atoms with van der Waals surface area (Å²) >= 11 is 3.10. The van der Waals surface area contributed by atoms with Gasteiger partial charge in [0.1, 0.15) is 5.82 Å². The molecule has 1 atom stereocenters. The lowest BCUT2D eigenvalue weighted by Crippen LogP contribution is -2.43. The first-order chi connectivity index (χ1) is 8.87. The zero-order valence-electron chi connectivity index (χ0n) is 10.9. The summed E-state index contributed by atoms with van der Waals surface area (Å²) in [5.74, 6) is -0.143. The van der Waals surface area contributed by atoms with Crippen molar-refractivity contribution in [3.8, 4) is 0 Å². The molecule has 1 saturated carbocycles. The van der Waals surface area contributed by atoms with Gasteiger partial charge in [-0.05, 0) is 52.9 Å². The number of likely N-dealkylation sites (N-methyl/N-ethyl adjacent to an activating group) is 1. The summed E-state index contributed by atoms with van der Waals surface area (Å²) < 4.78 is 39.6. The van der Waals surface area contributed by atoms with Crippen LogP contribution < -0.4 is 5.73 Å². The van der Waals surface area contributed by atoms with Crippen LogP contribution >= 0.6 is 28.3 Å². The van der Waals surface area contributed by atoms with Gasteiger partial charge in [-0.2, -0.15) is 4.31 Å². The van der Waals surface area contributed by atoms with Crippen LogP contribution in [0.5, 0.6) is 0 Å². The van der Waals surface area contributed by atoms with E-state index in [0.29, 0.717) is 12.5 Å². The Kier molecular flexibility index (Phi) is 5.98. The second-order valence-corrected chi connectivity index (χ2v) is 7.56. The number of halogens is 3. The minimum atomic E-state index is -3.66. The van der Waals surface area contributed by atoms with Crippen molar-refractivity contribution in [2.75, 3.05) is 13.6 Å². The van der Waals surface area contributed by atoms with Crippen molar-refractivity contribution < 1.29 is 12.8 Å². The molecule has 1 aliphatic rings. The fourth-order valence-electron chi connectivity index (χ4n) is 2.14. The first-order valence-corrected chi connectivity index (χ1v) is 8.24. The molecule has 0 aromatic heterocycles. The molecule has 1 aliphatic carbocycles. The molecule has 8 heteroatoms. The van der Waals surface area contributed by atoms with Gasteiger partial charge < -0.3 is 5.73 Å². The predicted molar refractivity (Wildman–Crippen MR) is 81.9 cm³/mol. The minimum absolute atomic E-state index is 0. The molecular formula is C12H17BrClFN2O2S. The summed E-state index contributed by atoms with van der Waals surface area (Å²) in [5.41, 5.74) is 5.67. The molecule has 0 spiro atoms. The van der Waals surface area contributed by atoms with E-state index in [-0.39, 0.29) is 27.8 Å². The second kappa shape index (κ2) is 6.70. The Morgan fingerprint density at radius 1 is 1.50 bits per heavy atom. The predicted octanol–water partition coefficient (Wildman–Crippen LogP) is 2.37. The van der Waals surface area contributed by atoms with E-state index in [1.54, 1.807) is 0 Å². The standard InChI is InChI=1S/C12H16BrFN2O2S.ClH/c1-16(11(7-15)8-2-3-8)19(17,18)12-5-4-9(14)6-10(12)13;/h4-6,8,11H,2-3,7,15H2,1H3;1H. The van der Waals surface area contributed by atoms with Crippen molar-refractivity contribution in [2.24, 2.45) is 11.7 Å². The van der Waals surface area contributed by atoms with Gasteiger partial charge in [-0.15, -0.1) is 12.4 Å². The van der Waals surface area contributed by atoms with E-state index < -0.39 is 15.8 Å². The minimum Gasteiger partial charge on any atom is -0.329 e. The number of rotatable bonds is 5. The Bertz CT molecular complexity index is 581. The molecule has 20 heavy (non-hydrogen) atoms. The first-order valence-electron chi connectivity index (χ1n) is 6.01. The molecule has 1 aromatic carbocycles. The zero-order chi connectivity index (χ0) is 14.2. The van der Waals surface area contributed by atoms with Crippen molar-refractivity contribution in [1.82, 2.24) is 4.31 Å². The monoisotopic (exact) mass is 386 g/mol. The quantitative estimate of drug-likeness (QED) is 0.843. The summed E-state index contributed by atoms with van der Waals surface area (Å²) in [6.07, 6.45) is 2.01. The van der Waals surface area contributed by atoms with Gasteiger partial charge in [-0.3, -0.25) is 0 Å². The number of nitrogens with zero attached hydrogens (tertiary/aromatic N) is 1. The van der Waals surface area contributed by atoms with Crippen LogP contribution in [0.15, 0.2) is 27.6 Å². The molecule has 2 N–H and O–H groups in total. The number of hydrogen-bond donors (Lipinski definition) is 1. The maximum Gasteiger partial charge on any atom is 0.244 e. The van der Waals surface area contributed by atoms with Crippen molar-refractivity contribution >= 4 is 38.4 Å². The molecule has 4 nitrogen and oxygen atoms in total. The van der Waals surface area contributed by atoms with Gasteiger partial charge in [-0.1, -0.05) is 0 Å². The highest BCUT2D eigenvalue weighted by Crippen LogP contribution is 2.37. The summed E-state index contributed by atoms with van der Waals surface area (Å²) in [7, 11) is -2.13. The maximum absolute atomic E-state index is 13.0. The van der Waals surface area contributed by atoms with Gasteiger partial charge in [0.15, 0.2) is 0 Å². The van der Waals surface area contributed by atoms with E-state index in [4.69, 9.17) is 5.73 Å². The van der Waals surface area contributed by atoms with Crippen LogP contribution in [-0.4, -0.2) is 32.4 Å². The average Bonchev–Trinajstić information content (AvgIpc) is 3.13. The fraction of sp³-hybridized carbons (Fsp3) is 0.500. The van der Waals surface area contributed by atoms with Gasteiger partial charge in [-0.25, -0.2) is 12.8 Å². The largest absolute Gasteiger partial charge is 0.329 e. The third-order valence-electron chi connectivity index (χ3n) is 3.43. The Labute approximate surface area is 133 Å². The molecular weight excluding hydrogens is 371 g/mol. The highest BCUT2D eigenvalue weighted by molar-refractivity contribution is 9.10. The van der Waals surface area contributed by atoms with Crippen LogP contribution in [0.4, 0.5) is 4.39 Å². The van der Waals surface area contributed by atoms with Crippen LogP contribution in [0.25, 0.3) is 0 Å². The molecule has 0 heterocycles. The SMILES string of the molecule is CN(C(CN)C1CC1)S(=O)(=O)c1ccc(F)cc1Br.Cl. The summed E-state index contributed by atoms with van der Waals surface area (Å²) in [4.78, 5) is 0.0653. The molecule has 0 bridgehead atoms. The third kappa shape index (κ3) is 3.51. The Morgan fingerprint density at radius 3 is 2.55 bits per heavy atom. The number of sulfonamides is 1. The first kappa shape index (κ1) is 17.8. The normalized spacial score (nSPS) is 16.9. The van der Waals surface area contributed by atoms with E-state index in [9.17, 15) is 12.8 Å². The van der Waals surface area contributed by atoms with Gasteiger partial charge in [0.2, 0.25) is 10.0 Å². The Balaban J connectivity index is 0.00000200. The number of benzene rings is 1. The summed E-state index contributed by atoms with van der Waals surface area (Å²) in [6.45, 7) is 0.291. The molecule has 0 amide bonds. The molecule has 114 valence electrons. The third-order valence-corrected chi connectivity index (χ3v) is 6.29. The molecule has 0 saturated heterocycles. The molecule has 0 aliphatic heterocycles. The van der Waals surface area contributed by atoms with Crippen molar-refractivity contribution in [1.29, 1.82) is 0 Å². The highest BCUT2D eigenvalue weighted by Gasteiger charge is 2.38. The Morgan fingerprint density at radius 2 is 2.10 bits per heavy atom. The van der Waals surface area contributed by atoms with Crippen LogP contribution in [-0.2, 0) is 10.0 Å². The highest BCUT2D eigenvalue weighted by atomic mass is 79.9. The van der Waals surface area contributed by atoms with Crippen LogP contribution in [0.3, 0.4) is 0 Å². The molecule has 1 unspecified atom stereocenters. The molecule has 1 fully saturated rings. The smallest absolute Gasteiger partial charge is 0.244 e.